The zero-order valence-corrected chi connectivity index (χ0v) is 12.9. The summed E-state index contributed by atoms with van der Waals surface area (Å²) in [6, 6.07) is -1.73. The molecule has 0 spiro atoms. The molecule has 2 amide bonds. The number of carbonyl (C=O) groups excluding carboxylic acids is 1. The fraction of sp³-hybridized carbons (Fsp3) is 0.818. The molecule has 0 radical (unpaired) electrons. The third-order valence-corrected chi connectivity index (χ3v) is 3.62. The van der Waals surface area contributed by atoms with Crippen LogP contribution in [-0.4, -0.2) is 75.7 Å². The Morgan fingerprint density at radius 3 is 2.40 bits per heavy atom. The standard InChI is InChI=1S/C11H23N3O5S/c1-12-6-4-7-14(2)11(17)13-9(10(15)16)5-8-20(3,18)19/h9,12H,4-8H2,1-3H3,(H,13,17)(H,15,16). The van der Waals surface area contributed by atoms with E-state index in [9.17, 15) is 18.0 Å². The van der Waals surface area contributed by atoms with Crippen LogP contribution in [0.3, 0.4) is 0 Å². The number of sulfone groups is 1. The van der Waals surface area contributed by atoms with Crippen LogP contribution in [0.4, 0.5) is 4.79 Å². The van der Waals surface area contributed by atoms with Crippen molar-refractivity contribution in [2.45, 2.75) is 18.9 Å². The minimum atomic E-state index is -3.26. The van der Waals surface area contributed by atoms with Crippen LogP contribution in [0, 0.1) is 0 Å². The molecule has 0 fully saturated rings. The van der Waals surface area contributed by atoms with Crippen molar-refractivity contribution in [3.63, 3.8) is 0 Å². The molecular formula is C11H23N3O5S. The molecular weight excluding hydrogens is 286 g/mol. The van der Waals surface area contributed by atoms with Crippen molar-refractivity contribution in [3.8, 4) is 0 Å². The molecule has 1 unspecified atom stereocenters. The van der Waals surface area contributed by atoms with Crippen molar-refractivity contribution >= 4 is 21.8 Å². The van der Waals surface area contributed by atoms with E-state index in [0.29, 0.717) is 6.54 Å². The van der Waals surface area contributed by atoms with Gasteiger partial charge in [-0.25, -0.2) is 18.0 Å². The zero-order chi connectivity index (χ0) is 15.8. The average Bonchev–Trinajstić information content (AvgIpc) is 2.32. The Kier molecular flexibility index (Phi) is 8.16. The third kappa shape index (κ3) is 8.70. The smallest absolute Gasteiger partial charge is 0.326 e. The summed E-state index contributed by atoms with van der Waals surface area (Å²) in [7, 11) is 0.0905. The molecule has 0 heterocycles. The highest BCUT2D eigenvalue weighted by Gasteiger charge is 2.22. The predicted molar refractivity (Wildman–Crippen MR) is 75.5 cm³/mol. The highest BCUT2D eigenvalue weighted by molar-refractivity contribution is 7.90. The van der Waals surface area contributed by atoms with E-state index in [2.05, 4.69) is 10.6 Å². The normalized spacial score (nSPS) is 12.8. The van der Waals surface area contributed by atoms with Crippen molar-refractivity contribution in [3.05, 3.63) is 0 Å². The van der Waals surface area contributed by atoms with Crippen molar-refractivity contribution in [2.24, 2.45) is 0 Å². The molecule has 0 aromatic rings. The first kappa shape index (κ1) is 18.7. The van der Waals surface area contributed by atoms with Gasteiger partial charge in [0.25, 0.3) is 0 Å². The Morgan fingerprint density at radius 1 is 1.35 bits per heavy atom. The Balaban J connectivity index is 4.36. The lowest BCUT2D eigenvalue weighted by Gasteiger charge is -2.21. The molecule has 20 heavy (non-hydrogen) atoms. The Bertz CT molecular complexity index is 424. The number of amides is 2. The maximum Gasteiger partial charge on any atom is 0.326 e. The zero-order valence-electron chi connectivity index (χ0n) is 12.0. The fourth-order valence-electron chi connectivity index (χ4n) is 1.44. The summed E-state index contributed by atoms with van der Waals surface area (Å²) in [4.78, 5) is 24.1. The van der Waals surface area contributed by atoms with Crippen molar-refractivity contribution < 1.29 is 23.1 Å². The number of hydrogen-bond acceptors (Lipinski definition) is 5. The molecule has 1 atom stereocenters. The maximum atomic E-state index is 11.8. The summed E-state index contributed by atoms with van der Waals surface area (Å²) in [6.07, 6.45) is 1.61. The highest BCUT2D eigenvalue weighted by Crippen LogP contribution is 1.99. The van der Waals surface area contributed by atoms with Crippen molar-refractivity contribution in [1.82, 2.24) is 15.5 Å². The first-order valence-corrected chi connectivity index (χ1v) is 8.30. The first-order chi connectivity index (χ1) is 9.17. The largest absolute Gasteiger partial charge is 0.480 e. The highest BCUT2D eigenvalue weighted by atomic mass is 32.2. The summed E-state index contributed by atoms with van der Waals surface area (Å²) < 4.78 is 22.1. The van der Waals surface area contributed by atoms with Crippen LogP contribution in [0.5, 0.6) is 0 Å². The lowest BCUT2D eigenvalue weighted by atomic mass is 10.2. The summed E-state index contributed by atoms with van der Waals surface area (Å²) in [5.41, 5.74) is 0. The Hall–Kier alpha value is -1.35. The number of hydrogen-bond donors (Lipinski definition) is 3. The van der Waals surface area contributed by atoms with Gasteiger partial charge in [-0.3, -0.25) is 0 Å². The molecule has 118 valence electrons. The quantitative estimate of drug-likeness (QED) is 0.477. The van der Waals surface area contributed by atoms with E-state index in [1.165, 1.54) is 4.90 Å². The van der Waals surface area contributed by atoms with Crippen LogP contribution in [0.25, 0.3) is 0 Å². The number of carboxylic acid groups (broad SMARTS) is 1. The molecule has 0 saturated heterocycles. The summed E-state index contributed by atoms with van der Waals surface area (Å²) >= 11 is 0. The van der Waals surface area contributed by atoms with Crippen LogP contribution in [0.15, 0.2) is 0 Å². The number of nitrogens with zero attached hydrogens (tertiary/aromatic N) is 1. The molecule has 0 aliphatic heterocycles. The van der Waals surface area contributed by atoms with Gasteiger partial charge in [0.1, 0.15) is 15.9 Å². The number of urea groups is 1. The van der Waals surface area contributed by atoms with Gasteiger partial charge in [0.2, 0.25) is 0 Å². The van der Waals surface area contributed by atoms with Gasteiger partial charge in [0, 0.05) is 19.8 Å². The van der Waals surface area contributed by atoms with Crippen LogP contribution in [0.2, 0.25) is 0 Å². The molecule has 0 rings (SSSR count). The van der Waals surface area contributed by atoms with E-state index in [1.54, 1.807) is 14.1 Å². The van der Waals surface area contributed by atoms with Gasteiger partial charge in [0.05, 0.1) is 5.75 Å². The van der Waals surface area contributed by atoms with Gasteiger partial charge in [0.15, 0.2) is 0 Å². The Morgan fingerprint density at radius 2 is 1.95 bits per heavy atom. The Labute approximate surface area is 119 Å². The van der Waals surface area contributed by atoms with Crippen molar-refractivity contribution in [2.75, 3.05) is 39.2 Å². The second kappa shape index (κ2) is 8.75. The van der Waals surface area contributed by atoms with Crippen LogP contribution in [0.1, 0.15) is 12.8 Å². The van der Waals surface area contributed by atoms with Crippen LogP contribution >= 0.6 is 0 Å². The first-order valence-electron chi connectivity index (χ1n) is 6.24. The molecule has 9 heteroatoms. The molecule has 0 aromatic carbocycles. The monoisotopic (exact) mass is 309 g/mol. The lowest BCUT2D eigenvalue weighted by molar-refractivity contribution is -0.139. The van der Waals surface area contributed by atoms with E-state index >= 15 is 0 Å². The van der Waals surface area contributed by atoms with Gasteiger partial charge in [-0.2, -0.15) is 0 Å². The van der Waals surface area contributed by atoms with Crippen LogP contribution in [-0.2, 0) is 14.6 Å². The summed E-state index contributed by atoms with van der Waals surface area (Å²) in [5.74, 6) is -1.53. The second-order valence-corrected chi connectivity index (χ2v) is 6.90. The number of rotatable bonds is 9. The minimum absolute atomic E-state index is 0.149. The van der Waals surface area contributed by atoms with E-state index in [0.717, 1.165) is 19.2 Å². The topological polar surface area (TPSA) is 116 Å². The number of aliphatic carboxylic acids is 1. The van der Waals surface area contributed by atoms with E-state index < -0.39 is 27.9 Å². The molecule has 0 bridgehead atoms. The molecule has 0 aliphatic rings. The van der Waals surface area contributed by atoms with E-state index in [-0.39, 0.29) is 12.2 Å². The number of nitrogens with one attached hydrogen (secondary N) is 2. The molecule has 0 saturated carbocycles. The van der Waals surface area contributed by atoms with E-state index in [4.69, 9.17) is 5.11 Å². The fourth-order valence-corrected chi connectivity index (χ4v) is 2.11. The van der Waals surface area contributed by atoms with E-state index in [1.807, 2.05) is 0 Å². The molecule has 8 nitrogen and oxygen atoms in total. The maximum absolute atomic E-state index is 11.8. The number of carboxylic acids is 1. The summed E-state index contributed by atoms with van der Waals surface area (Å²) in [5, 5.41) is 14.2. The van der Waals surface area contributed by atoms with Crippen molar-refractivity contribution in [1.29, 1.82) is 0 Å². The van der Waals surface area contributed by atoms with Gasteiger partial charge in [-0.1, -0.05) is 0 Å². The molecule has 3 N–H and O–H groups in total. The molecule has 0 aliphatic carbocycles. The van der Waals surface area contributed by atoms with Gasteiger partial charge in [-0.15, -0.1) is 0 Å². The summed E-state index contributed by atoms with van der Waals surface area (Å²) in [6.45, 7) is 1.22. The number of carbonyl (C=O) groups is 2. The minimum Gasteiger partial charge on any atom is -0.480 e. The molecule has 0 aromatic heterocycles. The van der Waals surface area contributed by atoms with Gasteiger partial charge < -0.3 is 20.6 Å². The van der Waals surface area contributed by atoms with Gasteiger partial charge in [-0.05, 0) is 26.4 Å². The lowest BCUT2D eigenvalue weighted by Crippen LogP contribution is -2.47. The van der Waals surface area contributed by atoms with Gasteiger partial charge >= 0.3 is 12.0 Å². The predicted octanol–water partition coefficient (Wildman–Crippen LogP) is -0.875. The third-order valence-electron chi connectivity index (χ3n) is 2.64. The SMILES string of the molecule is CNCCCN(C)C(=O)NC(CCS(C)(=O)=O)C(=O)O. The second-order valence-electron chi connectivity index (χ2n) is 4.64. The average molecular weight is 309 g/mol. The van der Waals surface area contributed by atoms with Crippen LogP contribution < -0.4 is 10.6 Å².